The first-order valence-electron chi connectivity index (χ1n) is 5.95. The zero-order valence-corrected chi connectivity index (χ0v) is 13.8. The van der Waals surface area contributed by atoms with E-state index in [1.807, 2.05) is 6.07 Å². The fourth-order valence-electron chi connectivity index (χ4n) is 1.74. The van der Waals surface area contributed by atoms with Gasteiger partial charge < -0.3 is 0 Å². The van der Waals surface area contributed by atoms with Crippen LogP contribution in [0.25, 0.3) is 0 Å². The summed E-state index contributed by atoms with van der Waals surface area (Å²) < 4.78 is 13.3. The molecule has 0 aliphatic rings. The molecule has 2 unspecified atom stereocenters. The zero-order valence-electron chi connectivity index (χ0n) is 10.7. The lowest BCUT2D eigenvalue weighted by Gasteiger charge is -2.11. The highest BCUT2D eigenvalue weighted by Crippen LogP contribution is 2.20. The molecule has 0 amide bonds. The van der Waals surface area contributed by atoms with Crippen LogP contribution >= 0.6 is 27.5 Å². The first-order chi connectivity index (χ1) is 9.49. The minimum absolute atomic E-state index is 0.153. The van der Waals surface area contributed by atoms with E-state index >= 15 is 0 Å². The van der Waals surface area contributed by atoms with Crippen molar-refractivity contribution in [2.75, 3.05) is 0 Å². The van der Waals surface area contributed by atoms with Gasteiger partial charge in [-0.25, -0.2) is 0 Å². The molecule has 0 heterocycles. The van der Waals surface area contributed by atoms with Crippen molar-refractivity contribution >= 4 is 44.1 Å². The SMILES string of the molecule is CC(C(=O)c1ccc(Cl)cc1)S(=O)c1cccc(Br)c1. The Labute approximate surface area is 133 Å². The minimum atomic E-state index is -1.39. The summed E-state index contributed by atoms with van der Waals surface area (Å²) in [4.78, 5) is 12.9. The van der Waals surface area contributed by atoms with Crippen molar-refractivity contribution in [2.45, 2.75) is 17.1 Å². The average molecular weight is 372 g/mol. The van der Waals surface area contributed by atoms with Crippen molar-refractivity contribution < 1.29 is 9.00 Å². The molecule has 20 heavy (non-hydrogen) atoms. The summed E-state index contributed by atoms with van der Waals surface area (Å²) in [5.74, 6) is -0.153. The molecule has 2 aromatic carbocycles. The summed E-state index contributed by atoms with van der Waals surface area (Å²) in [5.41, 5.74) is 0.519. The highest BCUT2D eigenvalue weighted by molar-refractivity contribution is 9.10. The smallest absolute Gasteiger partial charge is 0.178 e. The Balaban J connectivity index is 2.22. The van der Waals surface area contributed by atoms with Gasteiger partial charge in [0.1, 0.15) is 0 Å². The molecule has 2 atom stereocenters. The second-order valence-electron chi connectivity index (χ2n) is 4.27. The van der Waals surface area contributed by atoms with Crippen molar-refractivity contribution in [3.05, 3.63) is 63.6 Å². The normalized spacial score (nSPS) is 13.8. The summed E-state index contributed by atoms with van der Waals surface area (Å²) in [6.07, 6.45) is 0. The van der Waals surface area contributed by atoms with E-state index in [2.05, 4.69) is 15.9 Å². The number of carbonyl (C=O) groups excluding carboxylic acids is 1. The Morgan fingerprint density at radius 2 is 1.85 bits per heavy atom. The summed E-state index contributed by atoms with van der Waals surface area (Å²) in [6, 6.07) is 13.8. The van der Waals surface area contributed by atoms with Gasteiger partial charge in [-0.15, -0.1) is 0 Å². The van der Waals surface area contributed by atoms with Gasteiger partial charge in [0.15, 0.2) is 5.78 Å². The highest BCUT2D eigenvalue weighted by atomic mass is 79.9. The molecular weight excluding hydrogens is 360 g/mol. The highest BCUT2D eigenvalue weighted by Gasteiger charge is 2.22. The molecule has 0 aliphatic carbocycles. The van der Waals surface area contributed by atoms with E-state index in [0.717, 1.165) is 4.47 Å². The standard InChI is InChI=1S/C15H12BrClO2S/c1-10(15(18)11-5-7-13(17)8-6-11)20(19)14-4-2-3-12(16)9-14/h2-10H,1H3. The summed E-state index contributed by atoms with van der Waals surface area (Å²) >= 11 is 9.13. The van der Waals surface area contributed by atoms with E-state index in [4.69, 9.17) is 11.6 Å². The van der Waals surface area contributed by atoms with Crippen molar-refractivity contribution in [1.82, 2.24) is 0 Å². The maximum Gasteiger partial charge on any atom is 0.178 e. The summed E-state index contributed by atoms with van der Waals surface area (Å²) in [7, 11) is -1.39. The predicted molar refractivity (Wildman–Crippen MR) is 85.8 cm³/mol. The van der Waals surface area contributed by atoms with Crippen LogP contribution < -0.4 is 0 Å². The summed E-state index contributed by atoms with van der Waals surface area (Å²) in [5, 5.41) is -0.0345. The van der Waals surface area contributed by atoms with Gasteiger partial charge in [0.25, 0.3) is 0 Å². The molecule has 5 heteroatoms. The first kappa shape index (κ1) is 15.4. The van der Waals surface area contributed by atoms with E-state index in [1.54, 1.807) is 49.4 Å². The molecule has 2 aromatic rings. The molecular formula is C15H12BrClO2S. The number of halogens is 2. The Morgan fingerprint density at radius 3 is 2.45 bits per heavy atom. The van der Waals surface area contributed by atoms with E-state index in [-0.39, 0.29) is 5.78 Å². The molecule has 0 aromatic heterocycles. The fourth-order valence-corrected chi connectivity index (χ4v) is 3.61. The van der Waals surface area contributed by atoms with Gasteiger partial charge in [0, 0.05) is 20.0 Å². The van der Waals surface area contributed by atoms with E-state index in [1.165, 1.54) is 0 Å². The third kappa shape index (κ3) is 3.57. The molecule has 2 rings (SSSR count). The van der Waals surface area contributed by atoms with Gasteiger partial charge in [0.2, 0.25) is 0 Å². The van der Waals surface area contributed by atoms with Crippen LogP contribution in [0.3, 0.4) is 0 Å². The van der Waals surface area contributed by atoms with Crippen molar-refractivity contribution in [3.63, 3.8) is 0 Å². The lowest BCUT2D eigenvalue weighted by atomic mass is 10.1. The number of benzene rings is 2. The molecule has 0 fully saturated rings. The molecule has 0 saturated carbocycles. The van der Waals surface area contributed by atoms with E-state index in [0.29, 0.717) is 15.5 Å². The van der Waals surface area contributed by atoms with Crippen LogP contribution in [-0.2, 0) is 10.8 Å². The third-order valence-corrected chi connectivity index (χ3v) is 5.17. The Kier molecular flexibility index (Phi) is 5.13. The number of ketones is 1. The quantitative estimate of drug-likeness (QED) is 0.743. The molecule has 0 radical (unpaired) electrons. The van der Waals surface area contributed by atoms with Gasteiger partial charge in [-0.1, -0.05) is 33.6 Å². The third-order valence-electron chi connectivity index (χ3n) is 2.85. The van der Waals surface area contributed by atoms with Gasteiger partial charge >= 0.3 is 0 Å². The van der Waals surface area contributed by atoms with Gasteiger partial charge in [-0.05, 0) is 49.4 Å². The van der Waals surface area contributed by atoms with E-state index < -0.39 is 16.0 Å². The predicted octanol–water partition coefficient (Wildman–Crippen LogP) is 4.48. The Morgan fingerprint density at radius 1 is 1.20 bits per heavy atom. The number of hydrogen-bond donors (Lipinski definition) is 0. The maximum atomic E-state index is 12.4. The van der Waals surface area contributed by atoms with Gasteiger partial charge in [0.05, 0.1) is 16.0 Å². The first-order valence-corrected chi connectivity index (χ1v) is 8.33. The van der Waals surface area contributed by atoms with Crippen molar-refractivity contribution in [1.29, 1.82) is 0 Å². The maximum absolute atomic E-state index is 12.4. The Hall–Kier alpha value is -0.970. The lowest BCUT2D eigenvalue weighted by molar-refractivity contribution is 0.0992. The molecule has 0 saturated heterocycles. The zero-order chi connectivity index (χ0) is 14.7. The fraction of sp³-hybridized carbons (Fsp3) is 0.133. The van der Waals surface area contributed by atoms with E-state index in [9.17, 15) is 9.00 Å². The Bertz CT molecular complexity index is 655. The average Bonchev–Trinajstić information content (AvgIpc) is 2.46. The van der Waals surface area contributed by atoms with Gasteiger partial charge in [-0.3, -0.25) is 9.00 Å². The largest absolute Gasteiger partial charge is 0.293 e. The van der Waals surface area contributed by atoms with Gasteiger partial charge in [-0.2, -0.15) is 0 Å². The number of rotatable bonds is 4. The molecule has 0 aliphatic heterocycles. The van der Waals surface area contributed by atoms with Crippen LogP contribution in [0.1, 0.15) is 17.3 Å². The van der Waals surface area contributed by atoms with Crippen molar-refractivity contribution in [3.8, 4) is 0 Å². The second kappa shape index (κ2) is 6.66. The van der Waals surface area contributed by atoms with Crippen LogP contribution in [0.15, 0.2) is 57.9 Å². The molecule has 2 nitrogen and oxygen atoms in total. The molecule has 104 valence electrons. The lowest BCUT2D eigenvalue weighted by Crippen LogP contribution is -2.22. The molecule has 0 bridgehead atoms. The van der Waals surface area contributed by atoms with Crippen LogP contribution in [0.2, 0.25) is 5.02 Å². The monoisotopic (exact) mass is 370 g/mol. The summed E-state index contributed by atoms with van der Waals surface area (Å²) in [6.45, 7) is 1.67. The number of carbonyl (C=O) groups is 1. The molecule has 0 spiro atoms. The number of Topliss-reactive ketones (excluding diaryl/α,β-unsaturated/α-hetero) is 1. The second-order valence-corrected chi connectivity index (χ2v) is 7.39. The molecule has 0 N–H and O–H groups in total. The topological polar surface area (TPSA) is 34.1 Å². The number of hydrogen-bond acceptors (Lipinski definition) is 2. The minimum Gasteiger partial charge on any atom is -0.293 e. The van der Waals surface area contributed by atoms with Crippen LogP contribution in [0, 0.1) is 0 Å². The van der Waals surface area contributed by atoms with Crippen LogP contribution in [0.5, 0.6) is 0 Å². The van der Waals surface area contributed by atoms with Crippen LogP contribution in [0.4, 0.5) is 0 Å². The van der Waals surface area contributed by atoms with Crippen molar-refractivity contribution in [2.24, 2.45) is 0 Å². The van der Waals surface area contributed by atoms with Crippen LogP contribution in [-0.4, -0.2) is 15.2 Å².